The zero-order valence-corrected chi connectivity index (χ0v) is 8.97. The number of carboxylic acids is 1. The molecule has 0 amide bonds. The molecule has 82 valence electrons. The van der Waals surface area contributed by atoms with Gasteiger partial charge in [-0.25, -0.2) is 0 Å². The van der Waals surface area contributed by atoms with Crippen molar-refractivity contribution in [3.8, 4) is 0 Å². The fourth-order valence-electron chi connectivity index (χ4n) is 1.30. The number of carbonyl (C=O) groups is 1. The molecule has 1 rings (SSSR count). The summed E-state index contributed by atoms with van der Waals surface area (Å²) in [5.74, 6) is -0.510. The maximum atomic E-state index is 10.7. The van der Waals surface area contributed by atoms with Crippen LogP contribution in [0.5, 0.6) is 0 Å². The summed E-state index contributed by atoms with van der Waals surface area (Å²) < 4.78 is 0. The van der Waals surface area contributed by atoms with Gasteiger partial charge in [-0.15, -0.1) is 0 Å². The predicted octanol–water partition coefficient (Wildman–Crippen LogP) is 1.99. The molecular formula is C11H16N2O2. The summed E-state index contributed by atoms with van der Waals surface area (Å²) in [6.45, 7) is 4.00. The Morgan fingerprint density at radius 2 is 2.07 bits per heavy atom. The van der Waals surface area contributed by atoms with Gasteiger partial charge in [0.1, 0.15) is 0 Å². The highest BCUT2D eigenvalue weighted by atomic mass is 16.4. The Hall–Kier alpha value is -1.58. The lowest BCUT2D eigenvalue weighted by Gasteiger charge is -2.21. The van der Waals surface area contributed by atoms with Crippen LogP contribution in [-0.2, 0) is 4.79 Å². The van der Waals surface area contributed by atoms with Crippen molar-refractivity contribution in [2.45, 2.75) is 26.3 Å². The topological polar surface area (TPSA) is 62.2 Å². The number of anilines is 1. The second-order valence-electron chi connectivity index (χ2n) is 3.83. The highest BCUT2D eigenvalue weighted by Gasteiger charge is 2.16. The lowest BCUT2D eigenvalue weighted by Crippen LogP contribution is -2.28. The lowest BCUT2D eigenvalue weighted by molar-refractivity contribution is -0.137. The number of nitrogens with one attached hydrogen (secondary N) is 1. The maximum Gasteiger partial charge on any atom is 0.305 e. The van der Waals surface area contributed by atoms with E-state index in [4.69, 9.17) is 5.11 Å². The molecule has 0 bridgehead atoms. The quantitative estimate of drug-likeness (QED) is 0.776. The first-order valence-corrected chi connectivity index (χ1v) is 4.98. The van der Waals surface area contributed by atoms with Crippen LogP contribution in [0.25, 0.3) is 0 Å². The zero-order valence-electron chi connectivity index (χ0n) is 8.97. The van der Waals surface area contributed by atoms with Gasteiger partial charge in [-0.1, -0.05) is 13.8 Å². The first kappa shape index (κ1) is 11.5. The van der Waals surface area contributed by atoms with Gasteiger partial charge in [0.25, 0.3) is 0 Å². The van der Waals surface area contributed by atoms with Crippen molar-refractivity contribution in [1.82, 2.24) is 4.98 Å². The smallest absolute Gasteiger partial charge is 0.305 e. The van der Waals surface area contributed by atoms with Gasteiger partial charge in [0.2, 0.25) is 0 Å². The zero-order chi connectivity index (χ0) is 11.3. The average Bonchev–Trinajstić information content (AvgIpc) is 2.17. The molecule has 0 spiro atoms. The van der Waals surface area contributed by atoms with E-state index in [0.717, 1.165) is 5.69 Å². The summed E-state index contributed by atoms with van der Waals surface area (Å²) in [6.07, 6.45) is 3.49. The fourth-order valence-corrected chi connectivity index (χ4v) is 1.30. The normalized spacial score (nSPS) is 12.5. The van der Waals surface area contributed by atoms with Crippen LogP contribution in [0.1, 0.15) is 20.3 Å². The van der Waals surface area contributed by atoms with Gasteiger partial charge in [0, 0.05) is 24.1 Å². The number of carboxylic acid groups (broad SMARTS) is 1. The van der Waals surface area contributed by atoms with Gasteiger partial charge in [-0.3, -0.25) is 9.78 Å². The summed E-state index contributed by atoms with van der Waals surface area (Å²) in [7, 11) is 0. The van der Waals surface area contributed by atoms with Crippen molar-refractivity contribution in [3.05, 3.63) is 24.5 Å². The molecule has 15 heavy (non-hydrogen) atoms. The molecule has 1 atom stereocenters. The molecule has 1 unspecified atom stereocenters. The highest BCUT2D eigenvalue weighted by Crippen LogP contribution is 2.14. The third kappa shape index (κ3) is 3.97. The Bertz CT molecular complexity index is 312. The van der Waals surface area contributed by atoms with Crippen molar-refractivity contribution in [2.75, 3.05) is 5.32 Å². The number of hydrogen-bond acceptors (Lipinski definition) is 3. The molecule has 0 aliphatic carbocycles. The fraction of sp³-hybridized carbons (Fsp3) is 0.455. The summed E-state index contributed by atoms with van der Waals surface area (Å²) in [5, 5.41) is 11.9. The molecule has 0 aromatic carbocycles. The minimum atomic E-state index is -0.782. The van der Waals surface area contributed by atoms with E-state index in [1.165, 1.54) is 0 Å². The minimum absolute atomic E-state index is 0.0510. The van der Waals surface area contributed by atoms with E-state index >= 15 is 0 Å². The number of pyridine rings is 1. The molecule has 1 aromatic rings. The van der Waals surface area contributed by atoms with E-state index < -0.39 is 5.97 Å². The van der Waals surface area contributed by atoms with Gasteiger partial charge >= 0.3 is 5.97 Å². The molecule has 2 N–H and O–H groups in total. The van der Waals surface area contributed by atoms with Gasteiger partial charge in [-0.2, -0.15) is 0 Å². The Morgan fingerprint density at radius 1 is 1.47 bits per heavy atom. The van der Waals surface area contributed by atoms with Gasteiger partial charge < -0.3 is 10.4 Å². The third-order valence-electron chi connectivity index (χ3n) is 2.23. The Kier molecular flexibility index (Phi) is 4.09. The Morgan fingerprint density at radius 3 is 2.53 bits per heavy atom. The molecule has 0 radical (unpaired) electrons. The van der Waals surface area contributed by atoms with E-state index in [-0.39, 0.29) is 18.4 Å². The van der Waals surface area contributed by atoms with Crippen LogP contribution in [0, 0.1) is 5.92 Å². The van der Waals surface area contributed by atoms with Crippen molar-refractivity contribution in [2.24, 2.45) is 5.92 Å². The molecule has 0 saturated heterocycles. The molecule has 0 saturated carbocycles. The minimum Gasteiger partial charge on any atom is -0.481 e. The molecule has 1 heterocycles. The van der Waals surface area contributed by atoms with Crippen molar-refractivity contribution in [1.29, 1.82) is 0 Å². The molecule has 0 aliphatic rings. The monoisotopic (exact) mass is 208 g/mol. The highest BCUT2D eigenvalue weighted by molar-refractivity contribution is 5.68. The lowest BCUT2D eigenvalue weighted by atomic mass is 10.0. The van der Waals surface area contributed by atoms with Gasteiger partial charge in [0.15, 0.2) is 0 Å². The van der Waals surface area contributed by atoms with Crippen LogP contribution in [-0.4, -0.2) is 22.1 Å². The van der Waals surface area contributed by atoms with Crippen LogP contribution in [0.3, 0.4) is 0 Å². The molecule has 4 nitrogen and oxygen atoms in total. The number of rotatable bonds is 5. The van der Waals surface area contributed by atoms with Gasteiger partial charge in [-0.05, 0) is 18.1 Å². The van der Waals surface area contributed by atoms with Crippen molar-refractivity contribution < 1.29 is 9.90 Å². The maximum absolute atomic E-state index is 10.7. The van der Waals surface area contributed by atoms with E-state index in [0.29, 0.717) is 0 Å². The molecular weight excluding hydrogens is 192 g/mol. The first-order valence-electron chi connectivity index (χ1n) is 4.98. The van der Waals surface area contributed by atoms with Crippen LogP contribution in [0.4, 0.5) is 5.69 Å². The Balaban J connectivity index is 2.63. The van der Waals surface area contributed by atoms with Crippen molar-refractivity contribution in [3.63, 3.8) is 0 Å². The number of nitrogens with zero attached hydrogens (tertiary/aromatic N) is 1. The van der Waals surface area contributed by atoms with Crippen molar-refractivity contribution >= 4 is 11.7 Å². The molecule has 0 fully saturated rings. The summed E-state index contributed by atoms with van der Waals surface area (Å²) in [5.41, 5.74) is 0.907. The summed E-state index contributed by atoms with van der Waals surface area (Å²) in [4.78, 5) is 14.6. The second-order valence-corrected chi connectivity index (χ2v) is 3.83. The summed E-state index contributed by atoms with van der Waals surface area (Å²) >= 11 is 0. The second kappa shape index (κ2) is 5.34. The molecule has 1 aromatic heterocycles. The molecule has 0 aliphatic heterocycles. The van der Waals surface area contributed by atoms with E-state index in [2.05, 4.69) is 10.3 Å². The van der Waals surface area contributed by atoms with E-state index in [1.54, 1.807) is 12.4 Å². The third-order valence-corrected chi connectivity index (χ3v) is 2.23. The largest absolute Gasteiger partial charge is 0.481 e. The van der Waals surface area contributed by atoms with Crippen LogP contribution in [0.15, 0.2) is 24.5 Å². The van der Waals surface area contributed by atoms with E-state index in [1.807, 2.05) is 26.0 Å². The Labute approximate surface area is 89.3 Å². The first-order chi connectivity index (χ1) is 7.09. The van der Waals surface area contributed by atoms with Crippen LogP contribution < -0.4 is 5.32 Å². The van der Waals surface area contributed by atoms with Crippen LogP contribution >= 0.6 is 0 Å². The SMILES string of the molecule is CC(C)C(CC(=O)O)Nc1ccncc1. The van der Waals surface area contributed by atoms with Crippen LogP contribution in [0.2, 0.25) is 0 Å². The number of aliphatic carboxylic acids is 1. The number of aromatic nitrogens is 1. The standard InChI is InChI=1S/C11H16N2O2/c1-8(2)10(7-11(14)15)13-9-3-5-12-6-4-9/h3-6,8,10H,7H2,1-2H3,(H,12,13)(H,14,15). The average molecular weight is 208 g/mol. The van der Waals surface area contributed by atoms with Gasteiger partial charge in [0.05, 0.1) is 6.42 Å². The summed E-state index contributed by atoms with van der Waals surface area (Å²) in [6, 6.07) is 3.61. The molecule has 4 heteroatoms. The predicted molar refractivity (Wildman–Crippen MR) is 58.7 cm³/mol. The van der Waals surface area contributed by atoms with E-state index in [9.17, 15) is 4.79 Å². The number of hydrogen-bond donors (Lipinski definition) is 2.